The van der Waals surface area contributed by atoms with Gasteiger partial charge in [-0.25, -0.2) is 0 Å². The molecule has 1 heterocycles. The van der Waals surface area contributed by atoms with Crippen molar-refractivity contribution >= 4 is 12.1 Å². The van der Waals surface area contributed by atoms with E-state index in [2.05, 4.69) is 16.8 Å². The Morgan fingerprint density at radius 1 is 0.938 bits per heavy atom. The summed E-state index contributed by atoms with van der Waals surface area (Å²) in [7, 11) is 1.66. The van der Waals surface area contributed by atoms with Crippen LogP contribution < -0.4 is 9.64 Å². The van der Waals surface area contributed by atoms with E-state index in [1.807, 2.05) is 84.9 Å². The minimum atomic E-state index is 0.403. The summed E-state index contributed by atoms with van der Waals surface area (Å²) in [4.78, 5) is 17.8. The van der Waals surface area contributed by atoms with Crippen molar-refractivity contribution in [3.8, 4) is 28.7 Å². The number of hydrogen-bond donors (Lipinski definition) is 0. The summed E-state index contributed by atoms with van der Waals surface area (Å²) in [6.45, 7) is 0.403. The van der Waals surface area contributed by atoms with Gasteiger partial charge in [0.2, 0.25) is 6.41 Å². The minimum Gasteiger partial charge on any atom is -0.496 e. The van der Waals surface area contributed by atoms with Crippen molar-refractivity contribution in [2.24, 2.45) is 0 Å². The van der Waals surface area contributed by atoms with Crippen molar-refractivity contribution < 1.29 is 9.53 Å². The van der Waals surface area contributed by atoms with E-state index in [9.17, 15) is 4.79 Å². The lowest BCUT2D eigenvalue weighted by Crippen LogP contribution is -2.21. The van der Waals surface area contributed by atoms with Crippen LogP contribution in [0.25, 0.3) is 11.1 Å². The van der Waals surface area contributed by atoms with Gasteiger partial charge < -0.3 is 9.64 Å². The predicted molar refractivity (Wildman–Crippen MR) is 127 cm³/mol. The van der Waals surface area contributed by atoms with Gasteiger partial charge in [-0.3, -0.25) is 9.78 Å². The summed E-state index contributed by atoms with van der Waals surface area (Å²) in [6, 6.07) is 27.5. The smallest absolute Gasteiger partial charge is 0.214 e. The van der Waals surface area contributed by atoms with E-state index in [4.69, 9.17) is 4.74 Å². The molecule has 0 aliphatic heterocycles. The molecule has 0 fully saturated rings. The van der Waals surface area contributed by atoms with Gasteiger partial charge in [0.25, 0.3) is 0 Å². The maximum absolute atomic E-state index is 12.0. The molecule has 0 atom stereocenters. The molecule has 0 N–H and O–H groups in total. The first kappa shape index (κ1) is 20.9. The number of ether oxygens (including phenoxy) is 1. The van der Waals surface area contributed by atoms with Crippen molar-refractivity contribution in [2.75, 3.05) is 12.0 Å². The third-order valence-corrected chi connectivity index (χ3v) is 5.05. The van der Waals surface area contributed by atoms with E-state index in [1.54, 1.807) is 24.4 Å². The maximum atomic E-state index is 12.0. The number of methoxy groups -OCH3 is 1. The molecule has 1 aromatic heterocycles. The Morgan fingerprint density at radius 3 is 2.50 bits per heavy atom. The maximum Gasteiger partial charge on any atom is 0.214 e. The monoisotopic (exact) mass is 418 g/mol. The normalized spacial score (nSPS) is 10.0. The molecule has 4 aromatic rings. The zero-order chi connectivity index (χ0) is 22.2. The molecule has 0 aliphatic carbocycles. The predicted octanol–water partition coefficient (Wildman–Crippen LogP) is 5.32. The van der Waals surface area contributed by atoms with Crippen LogP contribution in [-0.4, -0.2) is 18.5 Å². The molecule has 1 amide bonds. The fourth-order valence-electron chi connectivity index (χ4n) is 3.47. The van der Waals surface area contributed by atoms with E-state index < -0.39 is 0 Å². The summed E-state index contributed by atoms with van der Waals surface area (Å²) in [5.41, 5.74) is 5.41. The molecule has 156 valence electrons. The Kier molecular flexibility index (Phi) is 6.60. The number of carbonyl (C=O) groups excluding carboxylic acids is 1. The van der Waals surface area contributed by atoms with Gasteiger partial charge in [-0.1, -0.05) is 66.4 Å². The van der Waals surface area contributed by atoms with E-state index >= 15 is 0 Å². The van der Waals surface area contributed by atoms with Gasteiger partial charge in [-0.15, -0.1) is 0 Å². The first-order chi connectivity index (χ1) is 15.8. The van der Waals surface area contributed by atoms with Crippen LogP contribution in [0.1, 0.15) is 16.7 Å². The Bertz CT molecular complexity index is 1260. The number of rotatable bonds is 6. The molecular weight excluding hydrogens is 396 g/mol. The Labute approximate surface area is 188 Å². The highest BCUT2D eigenvalue weighted by atomic mass is 16.5. The average Bonchev–Trinajstić information content (AvgIpc) is 2.87. The highest BCUT2D eigenvalue weighted by Crippen LogP contribution is 2.31. The number of pyridine rings is 1. The van der Waals surface area contributed by atoms with Gasteiger partial charge in [-0.05, 0) is 41.5 Å². The van der Waals surface area contributed by atoms with Crippen LogP contribution in [0.3, 0.4) is 0 Å². The molecule has 0 bridgehead atoms. The van der Waals surface area contributed by atoms with Crippen LogP contribution in [-0.2, 0) is 11.3 Å². The summed E-state index contributed by atoms with van der Waals surface area (Å²) in [5, 5.41) is 0. The number of nitrogens with zero attached hydrogens (tertiary/aromatic N) is 2. The van der Waals surface area contributed by atoms with E-state index in [1.165, 1.54) is 0 Å². The van der Waals surface area contributed by atoms with Crippen LogP contribution in [0, 0.1) is 11.8 Å². The Morgan fingerprint density at radius 2 is 1.75 bits per heavy atom. The van der Waals surface area contributed by atoms with Crippen LogP contribution in [0.5, 0.6) is 5.75 Å². The molecule has 4 rings (SSSR count). The third-order valence-electron chi connectivity index (χ3n) is 5.05. The number of aromatic nitrogens is 1. The number of para-hydroxylation sites is 1. The summed E-state index contributed by atoms with van der Waals surface area (Å²) < 4.78 is 5.64. The van der Waals surface area contributed by atoms with Crippen LogP contribution >= 0.6 is 0 Å². The molecule has 0 saturated carbocycles. The lowest BCUT2D eigenvalue weighted by molar-refractivity contribution is -0.107. The van der Waals surface area contributed by atoms with Gasteiger partial charge in [0.1, 0.15) is 5.75 Å². The zero-order valence-corrected chi connectivity index (χ0v) is 17.7. The molecule has 0 saturated heterocycles. The second kappa shape index (κ2) is 10.1. The number of anilines is 1. The second-order valence-electron chi connectivity index (χ2n) is 7.14. The van der Waals surface area contributed by atoms with Crippen molar-refractivity contribution in [1.82, 2.24) is 4.98 Å². The first-order valence-corrected chi connectivity index (χ1v) is 10.2. The van der Waals surface area contributed by atoms with Crippen LogP contribution in [0.2, 0.25) is 0 Å². The number of amides is 1. The molecule has 0 unspecified atom stereocenters. The standard InChI is InChI=1S/C28H22N2O2/c1-32-28-18-23(14-16-26(28)24-9-3-2-4-10-24)20-30(21-31)27-12-6-5-11-25(27)15-13-22-8-7-17-29-19-22/h2-12,14,16-19,21H,20H2,1H3. The van der Waals surface area contributed by atoms with Gasteiger partial charge in [0, 0.05) is 29.1 Å². The molecule has 3 aromatic carbocycles. The third kappa shape index (κ3) is 4.85. The topological polar surface area (TPSA) is 42.4 Å². The quantitative estimate of drug-likeness (QED) is 0.314. The van der Waals surface area contributed by atoms with Gasteiger partial charge in [0.05, 0.1) is 19.3 Å². The van der Waals surface area contributed by atoms with Crippen LogP contribution in [0.4, 0.5) is 5.69 Å². The zero-order valence-electron chi connectivity index (χ0n) is 17.7. The number of hydrogen-bond acceptors (Lipinski definition) is 3. The minimum absolute atomic E-state index is 0.403. The SMILES string of the molecule is COc1cc(CN(C=O)c2ccccc2C#Cc2cccnc2)ccc1-c1ccccc1. The average molecular weight is 418 g/mol. The lowest BCUT2D eigenvalue weighted by atomic mass is 10.0. The molecular formula is C28H22N2O2. The molecule has 4 heteroatoms. The summed E-state index contributed by atoms with van der Waals surface area (Å²) >= 11 is 0. The molecule has 0 radical (unpaired) electrons. The highest BCUT2D eigenvalue weighted by molar-refractivity contribution is 5.79. The summed E-state index contributed by atoms with van der Waals surface area (Å²) in [6.07, 6.45) is 4.26. The second-order valence-corrected chi connectivity index (χ2v) is 7.14. The molecule has 4 nitrogen and oxygen atoms in total. The Hall–Kier alpha value is -4.36. The molecule has 0 spiro atoms. The first-order valence-electron chi connectivity index (χ1n) is 10.2. The van der Waals surface area contributed by atoms with E-state index in [0.29, 0.717) is 6.54 Å². The molecule has 32 heavy (non-hydrogen) atoms. The van der Waals surface area contributed by atoms with Gasteiger partial charge in [0.15, 0.2) is 0 Å². The fourth-order valence-corrected chi connectivity index (χ4v) is 3.47. The Balaban J connectivity index is 1.62. The van der Waals surface area contributed by atoms with Crippen molar-refractivity contribution in [1.29, 1.82) is 0 Å². The van der Waals surface area contributed by atoms with Crippen LogP contribution in [0.15, 0.2) is 97.3 Å². The molecule has 0 aliphatic rings. The van der Waals surface area contributed by atoms with Crippen molar-refractivity contribution in [3.63, 3.8) is 0 Å². The summed E-state index contributed by atoms with van der Waals surface area (Å²) in [5.74, 6) is 7.05. The van der Waals surface area contributed by atoms with Gasteiger partial charge >= 0.3 is 0 Å². The van der Waals surface area contributed by atoms with E-state index in [0.717, 1.165) is 45.7 Å². The number of benzene rings is 3. The highest BCUT2D eigenvalue weighted by Gasteiger charge is 2.12. The van der Waals surface area contributed by atoms with Crippen molar-refractivity contribution in [3.05, 3.63) is 114 Å². The van der Waals surface area contributed by atoms with Gasteiger partial charge in [-0.2, -0.15) is 0 Å². The lowest BCUT2D eigenvalue weighted by Gasteiger charge is -2.20. The van der Waals surface area contributed by atoms with E-state index in [-0.39, 0.29) is 0 Å². The number of carbonyl (C=O) groups is 1. The largest absolute Gasteiger partial charge is 0.496 e. The fraction of sp³-hybridized carbons (Fsp3) is 0.0714. The van der Waals surface area contributed by atoms with Crippen molar-refractivity contribution in [2.45, 2.75) is 6.54 Å².